The fraction of sp³-hybridized carbons (Fsp3) is 0.368. The molecule has 0 amide bonds. The number of alkyl halides is 5. The average Bonchev–Trinajstić information content (AvgIpc) is 3.06. The van der Waals surface area contributed by atoms with Crippen LogP contribution in [0.15, 0.2) is 24.4 Å². The standard InChI is InChI=1S/C19H18F5N3O3/c1-9-7-25-13(10(2)16(9)29-8-19(22,23)24)6-15(28)17-26-12-4-3-11(30-18(20)21)5-14(12)27-17/h3-5,7,15,18,28H,6,8H2,1-2H3,(H,26,27). The van der Waals surface area contributed by atoms with Gasteiger partial charge in [0.2, 0.25) is 0 Å². The minimum absolute atomic E-state index is 0.0469. The van der Waals surface area contributed by atoms with Crippen molar-refractivity contribution < 1.29 is 36.5 Å². The molecule has 0 aliphatic heterocycles. The van der Waals surface area contributed by atoms with Gasteiger partial charge in [0.25, 0.3) is 0 Å². The molecule has 6 nitrogen and oxygen atoms in total. The normalized spacial score (nSPS) is 13.1. The number of fused-ring (bicyclic) bond motifs is 1. The van der Waals surface area contributed by atoms with Gasteiger partial charge in [0, 0.05) is 35.5 Å². The largest absolute Gasteiger partial charge is 0.483 e. The topological polar surface area (TPSA) is 80.3 Å². The van der Waals surface area contributed by atoms with Gasteiger partial charge in [0.15, 0.2) is 6.61 Å². The SMILES string of the molecule is Cc1cnc(CC(O)c2nc3cc(OC(F)F)ccc3[nH]2)c(C)c1OCC(F)(F)F. The van der Waals surface area contributed by atoms with E-state index in [1.165, 1.54) is 24.4 Å². The number of hydrogen-bond donors (Lipinski definition) is 2. The van der Waals surface area contributed by atoms with Gasteiger partial charge in [-0.15, -0.1) is 0 Å². The maximum atomic E-state index is 12.5. The number of rotatable bonds is 7. The molecule has 30 heavy (non-hydrogen) atoms. The number of aliphatic hydroxyl groups excluding tert-OH is 1. The van der Waals surface area contributed by atoms with E-state index in [4.69, 9.17) is 4.74 Å². The van der Waals surface area contributed by atoms with E-state index in [1.54, 1.807) is 13.8 Å². The lowest BCUT2D eigenvalue weighted by atomic mass is 10.1. The maximum absolute atomic E-state index is 12.5. The van der Waals surface area contributed by atoms with E-state index < -0.39 is 25.5 Å². The van der Waals surface area contributed by atoms with Crippen LogP contribution in [-0.2, 0) is 6.42 Å². The van der Waals surface area contributed by atoms with Gasteiger partial charge in [-0.05, 0) is 26.0 Å². The van der Waals surface area contributed by atoms with Crippen LogP contribution in [0.3, 0.4) is 0 Å². The van der Waals surface area contributed by atoms with Crippen LogP contribution in [0.25, 0.3) is 11.0 Å². The molecule has 11 heteroatoms. The van der Waals surface area contributed by atoms with Gasteiger partial charge >= 0.3 is 12.8 Å². The van der Waals surface area contributed by atoms with Crippen LogP contribution in [0.5, 0.6) is 11.5 Å². The molecule has 0 spiro atoms. The summed E-state index contributed by atoms with van der Waals surface area (Å²) < 4.78 is 71.4. The number of pyridine rings is 1. The summed E-state index contributed by atoms with van der Waals surface area (Å²) in [5.41, 5.74) is 1.96. The lowest BCUT2D eigenvalue weighted by molar-refractivity contribution is -0.153. The van der Waals surface area contributed by atoms with E-state index >= 15 is 0 Å². The van der Waals surface area contributed by atoms with Crippen molar-refractivity contribution in [3.05, 3.63) is 47.0 Å². The van der Waals surface area contributed by atoms with E-state index in [9.17, 15) is 27.1 Å². The summed E-state index contributed by atoms with van der Waals surface area (Å²) in [6.45, 7) is -1.28. The summed E-state index contributed by atoms with van der Waals surface area (Å²) in [6, 6.07) is 4.11. The second-order valence-corrected chi connectivity index (χ2v) is 6.65. The molecular weight excluding hydrogens is 413 g/mol. The van der Waals surface area contributed by atoms with Crippen LogP contribution in [0.1, 0.15) is 28.7 Å². The Kier molecular flexibility index (Phi) is 6.11. The molecule has 0 bridgehead atoms. The Labute approximate surface area is 167 Å². The molecular formula is C19H18F5N3O3. The fourth-order valence-electron chi connectivity index (χ4n) is 2.96. The molecule has 2 aromatic heterocycles. The zero-order valence-corrected chi connectivity index (χ0v) is 15.9. The first-order valence-electron chi connectivity index (χ1n) is 8.80. The van der Waals surface area contributed by atoms with E-state index in [-0.39, 0.29) is 23.7 Å². The van der Waals surface area contributed by atoms with Crippen LogP contribution in [0, 0.1) is 13.8 Å². The molecule has 1 aromatic carbocycles. The fourth-order valence-corrected chi connectivity index (χ4v) is 2.96. The quantitative estimate of drug-likeness (QED) is 0.543. The van der Waals surface area contributed by atoms with Gasteiger partial charge < -0.3 is 19.6 Å². The van der Waals surface area contributed by atoms with Gasteiger partial charge in [-0.3, -0.25) is 4.98 Å². The Bertz CT molecular complexity index is 1040. The summed E-state index contributed by atoms with van der Waals surface area (Å²) in [5.74, 6) is 0.134. The highest BCUT2D eigenvalue weighted by molar-refractivity contribution is 5.76. The molecule has 162 valence electrons. The highest BCUT2D eigenvalue weighted by Crippen LogP contribution is 2.30. The van der Waals surface area contributed by atoms with Crippen molar-refractivity contribution in [3.8, 4) is 11.5 Å². The third kappa shape index (κ3) is 5.15. The minimum atomic E-state index is -4.48. The van der Waals surface area contributed by atoms with Crippen molar-refractivity contribution >= 4 is 11.0 Å². The lowest BCUT2D eigenvalue weighted by Crippen LogP contribution is -2.20. The Hall–Kier alpha value is -2.95. The number of nitrogens with zero attached hydrogens (tertiary/aromatic N) is 2. The van der Waals surface area contributed by atoms with Gasteiger partial charge in [-0.2, -0.15) is 22.0 Å². The van der Waals surface area contributed by atoms with Crippen molar-refractivity contribution in [2.75, 3.05) is 6.61 Å². The van der Waals surface area contributed by atoms with Gasteiger partial charge in [0.1, 0.15) is 23.4 Å². The summed E-state index contributed by atoms with van der Waals surface area (Å²) in [5, 5.41) is 10.5. The predicted octanol–water partition coefficient (Wildman–Crippen LogP) is 4.39. The van der Waals surface area contributed by atoms with Gasteiger partial charge in [-0.25, -0.2) is 4.98 Å². The molecule has 0 saturated carbocycles. The molecule has 0 aliphatic rings. The van der Waals surface area contributed by atoms with Crippen LogP contribution in [0.4, 0.5) is 22.0 Å². The Morgan fingerprint density at radius 2 is 1.93 bits per heavy atom. The first-order valence-corrected chi connectivity index (χ1v) is 8.80. The van der Waals surface area contributed by atoms with Crippen LogP contribution >= 0.6 is 0 Å². The maximum Gasteiger partial charge on any atom is 0.422 e. The molecule has 2 heterocycles. The van der Waals surface area contributed by atoms with Crippen LogP contribution in [-0.4, -0.2) is 39.5 Å². The number of imidazole rings is 1. The van der Waals surface area contributed by atoms with Crippen molar-refractivity contribution in [1.29, 1.82) is 0 Å². The lowest BCUT2D eigenvalue weighted by Gasteiger charge is -2.17. The highest BCUT2D eigenvalue weighted by atomic mass is 19.4. The predicted molar refractivity (Wildman–Crippen MR) is 96.7 cm³/mol. The van der Waals surface area contributed by atoms with E-state index in [2.05, 4.69) is 19.7 Å². The molecule has 0 radical (unpaired) electrons. The molecule has 1 unspecified atom stereocenters. The number of aromatic nitrogens is 3. The number of aliphatic hydroxyl groups is 1. The number of H-pyrrole nitrogens is 1. The molecule has 0 aliphatic carbocycles. The van der Waals surface area contributed by atoms with Gasteiger partial charge in [-0.1, -0.05) is 0 Å². The third-order valence-electron chi connectivity index (χ3n) is 4.33. The Morgan fingerprint density at radius 3 is 2.60 bits per heavy atom. The number of benzene rings is 1. The Morgan fingerprint density at radius 1 is 1.20 bits per heavy atom. The number of hydrogen-bond acceptors (Lipinski definition) is 5. The second-order valence-electron chi connectivity index (χ2n) is 6.65. The molecule has 1 atom stereocenters. The molecule has 3 aromatic rings. The molecule has 2 N–H and O–H groups in total. The molecule has 3 rings (SSSR count). The van der Waals surface area contributed by atoms with E-state index in [0.29, 0.717) is 27.9 Å². The monoisotopic (exact) mass is 431 g/mol. The number of halogens is 5. The summed E-state index contributed by atoms with van der Waals surface area (Å²) in [4.78, 5) is 11.2. The summed E-state index contributed by atoms with van der Waals surface area (Å²) in [6.07, 6.45) is -4.33. The first kappa shape index (κ1) is 21.8. The summed E-state index contributed by atoms with van der Waals surface area (Å²) in [7, 11) is 0. The number of aromatic amines is 1. The average molecular weight is 431 g/mol. The zero-order chi connectivity index (χ0) is 22.1. The van der Waals surface area contributed by atoms with Crippen molar-refractivity contribution in [3.63, 3.8) is 0 Å². The second kappa shape index (κ2) is 8.42. The van der Waals surface area contributed by atoms with Gasteiger partial charge in [0.05, 0.1) is 11.0 Å². The smallest absolute Gasteiger partial charge is 0.422 e. The van der Waals surface area contributed by atoms with Crippen molar-refractivity contribution in [2.45, 2.75) is 39.2 Å². The van der Waals surface area contributed by atoms with Crippen LogP contribution < -0.4 is 9.47 Å². The van der Waals surface area contributed by atoms with Crippen LogP contribution in [0.2, 0.25) is 0 Å². The summed E-state index contributed by atoms with van der Waals surface area (Å²) >= 11 is 0. The molecule has 0 saturated heterocycles. The minimum Gasteiger partial charge on any atom is -0.483 e. The zero-order valence-electron chi connectivity index (χ0n) is 15.9. The van der Waals surface area contributed by atoms with E-state index in [0.717, 1.165) is 0 Å². The highest BCUT2D eigenvalue weighted by Gasteiger charge is 2.29. The third-order valence-corrected chi connectivity index (χ3v) is 4.33. The Balaban J connectivity index is 1.80. The van der Waals surface area contributed by atoms with Crippen molar-refractivity contribution in [1.82, 2.24) is 15.0 Å². The van der Waals surface area contributed by atoms with Crippen molar-refractivity contribution in [2.24, 2.45) is 0 Å². The number of aryl methyl sites for hydroxylation is 1. The number of nitrogens with one attached hydrogen (secondary N) is 1. The van der Waals surface area contributed by atoms with E-state index in [1.807, 2.05) is 0 Å². The first-order chi connectivity index (χ1) is 14.0. The molecule has 0 fully saturated rings. The number of ether oxygens (including phenoxy) is 2.